The number of para-hydroxylation sites is 1. The SMILES string of the molecule is Cc1ccc(C(=O)C2=C3CCCN3c3ccccc3S2(=O)=O)cc1. The van der Waals surface area contributed by atoms with Crippen molar-refractivity contribution in [2.24, 2.45) is 0 Å². The molecular weight excluding hydrogens is 322 g/mol. The molecule has 2 aliphatic heterocycles. The van der Waals surface area contributed by atoms with Crippen molar-refractivity contribution in [3.8, 4) is 0 Å². The van der Waals surface area contributed by atoms with Gasteiger partial charge in [0.1, 0.15) is 4.91 Å². The van der Waals surface area contributed by atoms with Crippen LogP contribution in [0.25, 0.3) is 0 Å². The Kier molecular flexibility index (Phi) is 3.35. The molecule has 1 saturated heterocycles. The zero-order valence-corrected chi connectivity index (χ0v) is 14.1. The maximum atomic E-state index is 13.1. The second-order valence-corrected chi connectivity index (χ2v) is 8.05. The fourth-order valence-corrected chi connectivity index (χ4v) is 5.25. The molecular formula is C19H17NO3S. The molecule has 0 atom stereocenters. The normalized spacial score (nSPS) is 18.3. The van der Waals surface area contributed by atoms with E-state index < -0.39 is 15.6 Å². The van der Waals surface area contributed by atoms with E-state index in [0.717, 1.165) is 18.5 Å². The van der Waals surface area contributed by atoms with E-state index in [2.05, 4.69) is 0 Å². The Morgan fingerprint density at radius 1 is 1.04 bits per heavy atom. The summed E-state index contributed by atoms with van der Waals surface area (Å²) in [5, 5.41) is 0. The predicted octanol–water partition coefficient (Wildman–Crippen LogP) is 3.48. The Bertz CT molecular complexity index is 972. The number of benzene rings is 2. The van der Waals surface area contributed by atoms with Crippen LogP contribution in [0.3, 0.4) is 0 Å². The van der Waals surface area contributed by atoms with E-state index in [1.165, 1.54) is 0 Å². The molecule has 5 heteroatoms. The number of ketones is 1. The van der Waals surface area contributed by atoms with Crippen LogP contribution in [0.15, 0.2) is 64.0 Å². The number of sulfone groups is 1. The number of anilines is 1. The van der Waals surface area contributed by atoms with Gasteiger partial charge in [0.25, 0.3) is 0 Å². The predicted molar refractivity (Wildman–Crippen MR) is 92.7 cm³/mol. The first-order chi connectivity index (χ1) is 11.5. The van der Waals surface area contributed by atoms with Gasteiger partial charge in [0.15, 0.2) is 0 Å². The summed E-state index contributed by atoms with van der Waals surface area (Å²) in [6.45, 7) is 2.68. The molecule has 2 heterocycles. The molecule has 4 rings (SSSR count). The molecule has 24 heavy (non-hydrogen) atoms. The Balaban J connectivity index is 1.94. The van der Waals surface area contributed by atoms with Crippen LogP contribution >= 0.6 is 0 Å². The van der Waals surface area contributed by atoms with Crippen LogP contribution in [0.1, 0.15) is 28.8 Å². The second kappa shape index (κ2) is 5.31. The van der Waals surface area contributed by atoms with Crippen LogP contribution in [0.2, 0.25) is 0 Å². The number of fused-ring (bicyclic) bond motifs is 3. The number of Topliss-reactive ketones (excluding diaryl/α,β-unsaturated/α-hetero) is 1. The highest BCUT2D eigenvalue weighted by atomic mass is 32.2. The lowest BCUT2D eigenvalue weighted by atomic mass is 10.1. The molecule has 4 nitrogen and oxygen atoms in total. The standard InChI is InChI=1S/C19H17NO3S/c1-13-8-10-14(11-9-13)18(21)19-16-6-4-12-20(16)15-5-2-3-7-17(15)24(19,22)23/h2-3,5,7-11H,4,6,12H2,1H3. The van der Waals surface area contributed by atoms with Crippen LogP contribution in [0.4, 0.5) is 5.69 Å². The van der Waals surface area contributed by atoms with E-state index in [9.17, 15) is 13.2 Å². The van der Waals surface area contributed by atoms with Gasteiger partial charge >= 0.3 is 0 Å². The van der Waals surface area contributed by atoms with Crippen molar-refractivity contribution in [1.82, 2.24) is 0 Å². The maximum Gasteiger partial charge on any atom is 0.214 e. The quantitative estimate of drug-likeness (QED) is 0.786. The number of nitrogens with zero attached hydrogens (tertiary/aromatic N) is 1. The summed E-state index contributed by atoms with van der Waals surface area (Å²) in [6.07, 6.45) is 1.46. The Labute approximate surface area is 141 Å². The number of carbonyl (C=O) groups is 1. The molecule has 2 aliphatic rings. The number of rotatable bonds is 2. The molecule has 0 saturated carbocycles. The molecule has 0 bridgehead atoms. The monoisotopic (exact) mass is 339 g/mol. The molecule has 2 aromatic carbocycles. The Morgan fingerprint density at radius 3 is 2.50 bits per heavy atom. The minimum absolute atomic E-state index is 0.0532. The average Bonchev–Trinajstić information content (AvgIpc) is 3.04. The zero-order chi connectivity index (χ0) is 16.9. The van der Waals surface area contributed by atoms with E-state index in [-0.39, 0.29) is 9.80 Å². The first-order valence-electron chi connectivity index (χ1n) is 7.96. The van der Waals surface area contributed by atoms with Gasteiger partial charge in [-0.05, 0) is 31.9 Å². The van der Waals surface area contributed by atoms with Gasteiger partial charge in [0, 0.05) is 17.8 Å². The van der Waals surface area contributed by atoms with Gasteiger partial charge in [-0.1, -0.05) is 42.0 Å². The van der Waals surface area contributed by atoms with Crippen molar-refractivity contribution >= 4 is 21.3 Å². The van der Waals surface area contributed by atoms with E-state index in [1.807, 2.05) is 36.1 Å². The largest absolute Gasteiger partial charge is 0.343 e. The fourth-order valence-electron chi connectivity index (χ4n) is 3.44. The lowest BCUT2D eigenvalue weighted by Crippen LogP contribution is -2.30. The third-order valence-electron chi connectivity index (χ3n) is 4.62. The van der Waals surface area contributed by atoms with Crippen molar-refractivity contribution < 1.29 is 13.2 Å². The van der Waals surface area contributed by atoms with Crippen LogP contribution in [-0.4, -0.2) is 20.7 Å². The van der Waals surface area contributed by atoms with Crippen molar-refractivity contribution in [2.45, 2.75) is 24.7 Å². The molecule has 122 valence electrons. The summed E-state index contributed by atoms with van der Waals surface area (Å²) in [5.74, 6) is -0.411. The van der Waals surface area contributed by atoms with E-state index in [0.29, 0.717) is 23.4 Å². The lowest BCUT2D eigenvalue weighted by Gasteiger charge is -2.29. The van der Waals surface area contributed by atoms with Crippen LogP contribution < -0.4 is 4.90 Å². The van der Waals surface area contributed by atoms with E-state index in [1.54, 1.807) is 24.3 Å². The number of hydrogen-bond acceptors (Lipinski definition) is 4. The van der Waals surface area contributed by atoms with Gasteiger partial charge in [-0.2, -0.15) is 0 Å². The first kappa shape index (κ1) is 15.1. The van der Waals surface area contributed by atoms with Crippen LogP contribution in [0.5, 0.6) is 0 Å². The highest BCUT2D eigenvalue weighted by molar-refractivity contribution is 7.96. The Morgan fingerprint density at radius 2 is 1.75 bits per heavy atom. The number of allylic oxidation sites excluding steroid dienone is 2. The molecule has 2 aromatic rings. The summed E-state index contributed by atoms with van der Waals surface area (Å²) >= 11 is 0. The topological polar surface area (TPSA) is 54.5 Å². The minimum Gasteiger partial charge on any atom is -0.343 e. The lowest BCUT2D eigenvalue weighted by molar-refractivity contribution is 0.104. The smallest absolute Gasteiger partial charge is 0.214 e. The highest BCUT2D eigenvalue weighted by Gasteiger charge is 2.41. The van der Waals surface area contributed by atoms with Gasteiger partial charge in [0.2, 0.25) is 15.6 Å². The van der Waals surface area contributed by atoms with Gasteiger partial charge in [-0.15, -0.1) is 0 Å². The van der Waals surface area contributed by atoms with Gasteiger partial charge < -0.3 is 4.90 Å². The molecule has 0 unspecified atom stereocenters. The van der Waals surface area contributed by atoms with Gasteiger partial charge in [-0.3, -0.25) is 4.79 Å². The number of hydrogen-bond donors (Lipinski definition) is 0. The van der Waals surface area contributed by atoms with Crippen molar-refractivity contribution in [3.63, 3.8) is 0 Å². The fraction of sp³-hybridized carbons (Fsp3) is 0.211. The first-order valence-corrected chi connectivity index (χ1v) is 9.44. The van der Waals surface area contributed by atoms with Crippen LogP contribution in [0, 0.1) is 6.92 Å². The molecule has 0 aromatic heterocycles. The van der Waals surface area contributed by atoms with Gasteiger partial charge in [0.05, 0.1) is 10.6 Å². The molecule has 0 radical (unpaired) electrons. The summed E-state index contributed by atoms with van der Waals surface area (Å²) < 4.78 is 26.2. The van der Waals surface area contributed by atoms with Crippen molar-refractivity contribution in [2.75, 3.05) is 11.4 Å². The summed E-state index contributed by atoms with van der Waals surface area (Å²) in [5.41, 5.74) is 2.77. The van der Waals surface area contributed by atoms with E-state index in [4.69, 9.17) is 0 Å². The molecule has 0 spiro atoms. The third-order valence-corrected chi connectivity index (χ3v) is 6.50. The highest BCUT2D eigenvalue weighted by Crippen LogP contribution is 2.43. The van der Waals surface area contributed by atoms with Crippen molar-refractivity contribution in [3.05, 3.63) is 70.3 Å². The molecule has 0 aliphatic carbocycles. The third kappa shape index (κ3) is 2.12. The summed E-state index contributed by atoms with van der Waals surface area (Å²) in [7, 11) is -3.81. The number of aryl methyl sites for hydroxylation is 1. The zero-order valence-electron chi connectivity index (χ0n) is 13.3. The number of carbonyl (C=O) groups excluding carboxylic acids is 1. The Hall–Kier alpha value is -2.40. The maximum absolute atomic E-state index is 13.1. The molecule has 1 fully saturated rings. The minimum atomic E-state index is -3.81. The van der Waals surface area contributed by atoms with Gasteiger partial charge in [-0.25, -0.2) is 8.42 Å². The van der Waals surface area contributed by atoms with E-state index >= 15 is 0 Å². The molecule has 0 N–H and O–H groups in total. The summed E-state index contributed by atoms with van der Waals surface area (Å²) in [6, 6.07) is 14.0. The summed E-state index contributed by atoms with van der Waals surface area (Å²) in [4.78, 5) is 15.2. The van der Waals surface area contributed by atoms with Crippen molar-refractivity contribution in [1.29, 1.82) is 0 Å². The van der Waals surface area contributed by atoms with Crippen LogP contribution in [-0.2, 0) is 9.84 Å². The second-order valence-electron chi connectivity index (χ2n) is 6.20. The average molecular weight is 339 g/mol. The molecule has 0 amide bonds.